The van der Waals surface area contributed by atoms with E-state index in [0.29, 0.717) is 0 Å². The van der Waals surface area contributed by atoms with E-state index in [1.54, 1.807) is 17.3 Å². The molecule has 0 unspecified atom stereocenters. The molecular formula is C20H27N3O8. The average Bonchev–Trinajstić information content (AvgIpc) is 3.18. The van der Waals surface area contributed by atoms with E-state index >= 15 is 0 Å². The molecule has 0 saturated carbocycles. The summed E-state index contributed by atoms with van der Waals surface area (Å²) in [5, 5.41) is 39.6. The summed E-state index contributed by atoms with van der Waals surface area (Å²) in [6.07, 6.45) is 2.08. The topological polar surface area (TPSA) is 178 Å². The highest BCUT2D eigenvalue weighted by Crippen LogP contribution is 2.17. The zero-order chi connectivity index (χ0) is 23.4. The fourth-order valence-corrected chi connectivity index (χ4v) is 2.69. The van der Waals surface area contributed by atoms with Gasteiger partial charge in [-0.2, -0.15) is 0 Å². The molecule has 2 aromatic heterocycles. The predicted octanol–water partition coefficient (Wildman–Crippen LogP) is -1.38. The van der Waals surface area contributed by atoms with E-state index in [1.807, 2.05) is 18.2 Å². The molecule has 0 radical (unpaired) electrons. The number of aliphatic hydroxyl groups is 1. The van der Waals surface area contributed by atoms with Crippen LogP contribution in [0.15, 0.2) is 35.1 Å². The van der Waals surface area contributed by atoms with Crippen molar-refractivity contribution in [1.82, 2.24) is 10.1 Å². The van der Waals surface area contributed by atoms with Gasteiger partial charge in [-0.25, -0.2) is 0 Å². The van der Waals surface area contributed by atoms with Crippen LogP contribution in [-0.2, 0) is 20.8 Å². The van der Waals surface area contributed by atoms with Crippen molar-refractivity contribution in [3.8, 4) is 11.3 Å². The molecule has 0 fully saturated rings. The third-order valence-electron chi connectivity index (χ3n) is 4.51. The molecule has 0 aromatic carbocycles. The lowest BCUT2D eigenvalue weighted by Gasteiger charge is -2.25. The summed E-state index contributed by atoms with van der Waals surface area (Å²) in [5.41, 5.74) is -0.979. The molecule has 11 heteroatoms. The minimum Gasteiger partial charge on any atom is -0.547 e. The number of nitrogens with zero attached hydrogens (tertiary/aromatic N) is 2. The fraction of sp³-hybridized carbons (Fsp3) is 0.450. The third kappa shape index (κ3) is 8.93. The number of carbonyl (C=O) groups is 3. The number of hydrogen-bond acceptors (Lipinski definition) is 8. The van der Waals surface area contributed by atoms with E-state index in [2.05, 4.69) is 24.0 Å². The quantitative estimate of drug-likeness (QED) is 0.327. The van der Waals surface area contributed by atoms with Crippen LogP contribution in [0, 0.1) is 0 Å². The number of aliphatic carboxylic acids is 3. The Bertz CT molecular complexity index is 833. The second kappa shape index (κ2) is 12.4. The van der Waals surface area contributed by atoms with E-state index in [4.69, 9.17) is 19.8 Å². The van der Waals surface area contributed by atoms with E-state index < -0.39 is 36.4 Å². The van der Waals surface area contributed by atoms with Crippen molar-refractivity contribution in [2.75, 3.05) is 19.6 Å². The van der Waals surface area contributed by atoms with Crippen LogP contribution in [0.1, 0.15) is 32.4 Å². The summed E-state index contributed by atoms with van der Waals surface area (Å²) in [6.45, 7) is 7.81. The van der Waals surface area contributed by atoms with Crippen molar-refractivity contribution < 1.29 is 44.2 Å². The Labute approximate surface area is 178 Å². The molecule has 31 heavy (non-hydrogen) atoms. The lowest BCUT2D eigenvalue weighted by atomic mass is 9.96. The van der Waals surface area contributed by atoms with E-state index in [1.165, 1.54) is 0 Å². The maximum absolute atomic E-state index is 10.2. The molecule has 0 atom stereocenters. The van der Waals surface area contributed by atoms with Crippen molar-refractivity contribution in [3.05, 3.63) is 36.4 Å². The molecule has 0 aliphatic carbocycles. The number of carboxylic acid groups (broad SMARTS) is 3. The Morgan fingerprint density at radius 3 is 2.23 bits per heavy atom. The number of pyridine rings is 1. The smallest absolute Gasteiger partial charge is 0.306 e. The summed E-state index contributed by atoms with van der Waals surface area (Å²) in [5.74, 6) is -4.40. The van der Waals surface area contributed by atoms with Crippen molar-refractivity contribution in [2.24, 2.45) is 0 Å². The van der Waals surface area contributed by atoms with Gasteiger partial charge in [-0.1, -0.05) is 5.16 Å². The Morgan fingerprint density at radius 1 is 1.16 bits per heavy atom. The van der Waals surface area contributed by atoms with E-state index in [-0.39, 0.29) is 0 Å². The summed E-state index contributed by atoms with van der Waals surface area (Å²) < 4.78 is 5.37. The molecule has 2 rings (SSSR count). The zero-order valence-corrected chi connectivity index (χ0v) is 17.4. The van der Waals surface area contributed by atoms with Gasteiger partial charge in [0.1, 0.15) is 17.1 Å². The molecule has 0 aliphatic rings. The molecule has 0 bridgehead atoms. The second-order valence-electron chi connectivity index (χ2n) is 6.84. The van der Waals surface area contributed by atoms with Crippen LogP contribution in [-0.4, -0.2) is 68.6 Å². The zero-order valence-electron chi connectivity index (χ0n) is 17.4. The van der Waals surface area contributed by atoms with Crippen LogP contribution < -0.4 is 10.0 Å². The molecular weight excluding hydrogens is 410 g/mol. The van der Waals surface area contributed by atoms with Crippen LogP contribution in [0.3, 0.4) is 0 Å². The molecule has 4 N–H and O–H groups in total. The number of nitrogens with one attached hydrogen (secondary N) is 1. The van der Waals surface area contributed by atoms with Gasteiger partial charge in [0.25, 0.3) is 0 Å². The summed E-state index contributed by atoms with van der Waals surface area (Å²) >= 11 is 0. The first kappa shape index (κ1) is 25.7. The van der Waals surface area contributed by atoms with E-state index in [0.717, 1.165) is 43.1 Å². The summed E-state index contributed by atoms with van der Waals surface area (Å²) in [7, 11) is 0. The van der Waals surface area contributed by atoms with Gasteiger partial charge >= 0.3 is 11.9 Å². The van der Waals surface area contributed by atoms with Crippen molar-refractivity contribution in [1.29, 1.82) is 0 Å². The Hall–Kier alpha value is -3.31. The van der Waals surface area contributed by atoms with Crippen LogP contribution in [0.2, 0.25) is 0 Å². The van der Waals surface area contributed by atoms with Crippen LogP contribution >= 0.6 is 0 Å². The highest BCUT2D eigenvalue weighted by atomic mass is 16.5. The molecule has 2 heterocycles. The van der Waals surface area contributed by atoms with Gasteiger partial charge in [-0.15, -0.1) is 0 Å². The normalized spacial score (nSPS) is 11.0. The number of quaternary nitrogens is 1. The lowest BCUT2D eigenvalue weighted by Crippen LogP contribution is -3.11. The Balaban J connectivity index is 0.000000330. The summed E-state index contributed by atoms with van der Waals surface area (Å²) in [6, 6.07) is 5.91. The number of carboxylic acids is 3. The van der Waals surface area contributed by atoms with Crippen LogP contribution in [0.25, 0.3) is 11.3 Å². The fourth-order valence-electron chi connectivity index (χ4n) is 2.69. The predicted molar refractivity (Wildman–Crippen MR) is 105 cm³/mol. The first-order valence-electron chi connectivity index (χ1n) is 9.68. The first-order chi connectivity index (χ1) is 14.6. The average molecular weight is 437 g/mol. The van der Waals surface area contributed by atoms with Gasteiger partial charge in [0.15, 0.2) is 0 Å². The van der Waals surface area contributed by atoms with Gasteiger partial charge in [0, 0.05) is 24.0 Å². The van der Waals surface area contributed by atoms with Gasteiger partial charge in [0.05, 0.1) is 44.9 Å². The van der Waals surface area contributed by atoms with Crippen molar-refractivity contribution in [3.63, 3.8) is 0 Å². The van der Waals surface area contributed by atoms with Gasteiger partial charge < -0.3 is 34.6 Å². The second-order valence-corrected chi connectivity index (χ2v) is 6.84. The maximum Gasteiger partial charge on any atom is 0.306 e. The third-order valence-corrected chi connectivity index (χ3v) is 4.51. The number of hydrogen-bond donors (Lipinski definition) is 4. The van der Waals surface area contributed by atoms with Crippen LogP contribution in [0.4, 0.5) is 0 Å². The lowest BCUT2D eigenvalue weighted by molar-refractivity contribution is -0.896. The first-order valence-corrected chi connectivity index (χ1v) is 9.68. The molecule has 0 aliphatic heterocycles. The van der Waals surface area contributed by atoms with Crippen LogP contribution in [0.5, 0.6) is 0 Å². The van der Waals surface area contributed by atoms with Gasteiger partial charge in [-0.3, -0.25) is 14.6 Å². The minimum absolute atomic E-state index is 0.868. The number of likely N-dealkylation sites (N-methyl/N-ethyl adjacent to an activating group) is 1. The largest absolute Gasteiger partial charge is 0.547 e. The maximum atomic E-state index is 10.2. The van der Waals surface area contributed by atoms with Crippen molar-refractivity contribution >= 4 is 17.9 Å². The number of aromatic nitrogens is 2. The highest BCUT2D eigenvalue weighted by molar-refractivity contribution is 5.86. The number of rotatable bonds is 11. The van der Waals surface area contributed by atoms with Crippen molar-refractivity contribution in [2.45, 2.75) is 38.7 Å². The highest BCUT2D eigenvalue weighted by Gasteiger charge is 2.34. The Kier molecular flexibility index (Phi) is 10.3. The SMILES string of the molecule is CC[NH+](CC)CCc1cc(-c2cccnc2)no1.O=C(O)CC(O)(CC(=O)O)C(=O)[O-]. The standard InChI is InChI=1S/C14H19N3O.C6H8O7/c1-3-17(4-2)9-7-13-10-14(16-18-13)12-6-5-8-15-11-12;7-3(8)1-6(13,5(11)12)2-4(9)10/h5-6,8,10-11H,3-4,7,9H2,1-2H3;13H,1-2H2,(H,7,8)(H,9,10)(H,11,12). The summed E-state index contributed by atoms with van der Waals surface area (Å²) in [4.78, 5) is 36.0. The Morgan fingerprint density at radius 2 is 1.77 bits per heavy atom. The molecule has 11 nitrogen and oxygen atoms in total. The van der Waals surface area contributed by atoms with Gasteiger partial charge in [-0.05, 0) is 26.0 Å². The molecule has 170 valence electrons. The van der Waals surface area contributed by atoms with Gasteiger partial charge in [0.2, 0.25) is 0 Å². The number of carbonyl (C=O) groups excluding carboxylic acids is 1. The molecule has 0 amide bonds. The molecule has 2 aromatic rings. The monoisotopic (exact) mass is 437 g/mol. The van der Waals surface area contributed by atoms with E-state index in [9.17, 15) is 19.5 Å². The minimum atomic E-state index is -2.85. The molecule has 0 saturated heterocycles. The molecule has 0 spiro atoms.